The van der Waals surface area contributed by atoms with Gasteiger partial charge < -0.3 is 10.1 Å². The molecule has 0 fully saturated rings. The molecule has 1 aromatic carbocycles. The Morgan fingerprint density at radius 2 is 1.90 bits per heavy atom. The highest BCUT2D eigenvalue weighted by atomic mass is 16.5. The van der Waals surface area contributed by atoms with Crippen LogP contribution in [0.4, 0.5) is 0 Å². The molecule has 2 aromatic heterocycles. The van der Waals surface area contributed by atoms with Gasteiger partial charge in [-0.25, -0.2) is 9.97 Å². The summed E-state index contributed by atoms with van der Waals surface area (Å²) in [5, 5.41) is 3.20. The van der Waals surface area contributed by atoms with Gasteiger partial charge in [0.15, 0.2) is 5.82 Å². The third-order valence-electron chi connectivity index (χ3n) is 5.45. The third-order valence-corrected chi connectivity index (χ3v) is 5.45. The van der Waals surface area contributed by atoms with Gasteiger partial charge in [0, 0.05) is 42.4 Å². The minimum absolute atomic E-state index is 0.0249. The normalized spacial score (nSPS) is 17.2. The molecule has 0 saturated carbocycles. The van der Waals surface area contributed by atoms with Gasteiger partial charge in [0.25, 0.3) is 5.91 Å². The average Bonchev–Trinajstić information content (AvgIpc) is 2.74. The van der Waals surface area contributed by atoms with E-state index in [4.69, 9.17) is 9.72 Å². The number of fused-ring (bicyclic) bond motifs is 1. The minimum Gasteiger partial charge on any atom is -0.380 e. The molecule has 0 unspecified atom stereocenters. The Kier molecular flexibility index (Phi) is 5.59. The zero-order chi connectivity index (χ0) is 21.1. The maximum Gasteiger partial charge on any atom is 0.251 e. The molecule has 30 heavy (non-hydrogen) atoms. The van der Waals surface area contributed by atoms with Crippen LogP contribution < -0.4 is 5.32 Å². The van der Waals surface area contributed by atoms with Gasteiger partial charge >= 0.3 is 0 Å². The van der Waals surface area contributed by atoms with Crippen LogP contribution in [0, 0.1) is 5.41 Å². The van der Waals surface area contributed by atoms with Crippen LogP contribution in [0.5, 0.6) is 0 Å². The van der Waals surface area contributed by atoms with Crippen LogP contribution in [0.25, 0.3) is 11.4 Å². The molecule has 4 rings (SSSR count). The maximum atomic E-state index is 12.9. The van der Waals surface area contributed by atoms with E-state index in [2.05, 4.69) is 29.1 Å². The second-order valence-electron chi connectivity index (χ2n) is 8.53. The first-order valence-corrected chi connectivity index (χ1v) is 10.1. The molecule has 3 aromatic rings. The van der Waals surface area contributed by atoms with Gasteiger partial charge in [-0.3, -0.25) is 9.78 Å². The summed E-state index contributed by atoms with van der Waals surface area (Å²) in [6, 6.07) is 11.2. The van der Waals surface area contributed by atoms with Crippen molar-refractivity contribution in [3.8, 4) is 11.4 Å². The first-order chi connectivity index (χ1) is 14.4. The number of pyridine rings is 1. The van der Waals surface area contributed by atoms with E-state index < -0.39 is 0 Å². The summed E-state index contributed by atoms with van der Waals surface area (Å²) >= 11 is 0. The van der Waals surface area contributed by atoms with Crippen LogP contribution in [-0.2, 0) is 17.8 Å². The summed E-state index contributed by atoms with van der Waals surface area (Å²) in [5.74, 6) is 0.596. The van der Waals surface area contributed by atoms with Gasteiger partial charge in [-0.15, -0.1) is 0 Å². The topological polar surface area (TPSA) is 77.0 Å². The number of carbonyl (C=O) groups is 1. The van der Waals surface area contributed by atoms with Crippen molar-refractivity contribution in [2.75, 3.05) is 7.11 Å². The molecule has 1 aliphatic rings. The molecule has 1 aliphatic carbocycles. The minimum atomic E-state index is -0.124. The molecular formula is C24H26N4O2. The summed E-state index contributed by atoms with van der Waals surface area (Å²) < 4.78 is 5.14. The van der Waals surface area contributed by atoms with Crippen LogP contribution in [0.1, 0.15) is 53.5 Å². The zero-order valence-electron chi connectivity index (χ0n) is 17.6. The number of nitrogens with one attached hydrogen (secondary N) is 1. The molecule has 0 spiro atoms. The van der Waals surface area contributed by atoms with Crippen LogP contribution in [0.2, 0.25) is 0 Å². The number of benzene rings is 1. The number of amides is 1. The molecule has 1 N–H and O–H groups in total. The number of aromatic nitrogens is 3. The fraction of sp³-hybridized carbons (Fsp3) is 0.333. The summed E-state index contributed by atoms with van der Waals surface area (Å²) in [6.07, 6.45) is 7.03. The zero-order valence-corrected chi connectivity index (χ0v) is 17.6. The molecule has 0 aliphatic heterocycles. The molecule has 0 bridgehead atoms. The van der Waals surface area contributed by atoms with E-state index in [-0.39, 0.29) is 17.4 Å². The molecule has 1 amide bonds. The largest absolute Gasteiger partial charge is 0.380 e. The standard InChI is InChI=1S/C24H26N4O2/c1-24(2)12-20-19(14-26-22(27-20)17-8-10-25-11-9-17)21(13-24)28-23(29)18-6-4-16(5-7-18)15-30-3/h4-11,14,21H,12-13,15H2,1-3H3,(H,28,29)/t21-/m0/s1. The molecule has 6 nitrogen and oxygen atoms in total. The Bertz CT molecular complexity index is 1030. The van der Waals surface area contributed by atoms with Gasteiger partial charge in [0.1, 0.15) is 0 Å². The third kappa shape index (κ3) is 4.39. The van der Waals surface area contributed by atoms with Crippen molar-refractivity contribution in [1.82, 2.24) is 20.3 Å². The highest BCUT2D eigenvalue weighted by molar-refractivity contribution is 5.94. The predicted molar refractivity (Wildman–Crippen MR) is 115 cm³/mol. The number of hydrogen-bond acceptors (Lipinski definition) is 5. The quantitative estimate of drug-likeness (QED) is 0.694. The van der Waals surface area contributed by atoms with Gasteiger partial charge in [0.05, 0.1) is 18.3 Å². The number of nitrogens with zero attached hydrogens (tertiary/aromatic N) is 3. The Labute approximate surface area is 176 Å². The van der Waals surface area contributed by atoms with E-state index in [0.29, 0.717) is 18.0 Å². The lowest BCUT2D eigenvalue weighted by Crippen LogP contribution is -2.37. The van der Waals surface area contributed by atoms with E-state index in [1.807, 2.05) is 42.6 Å². The van der Waals surface area contributed by atoms with Crippen LogP contribution >= 0.6 is 0 Å². The molecule has 1 atom stereocenters. The lowest BCUT2D eigenvalue weighted by molar-refractivity contribution is 0.0919. The first kappa shape index (κ1) is 20.2. The first-order valence-electron chi connectivity index (χ1n) is 10.1. The average molecular weight is 402 g/mol. The Morgan fingerprint density at radius 1 is 1.17 bits per heavy atom. The number of carbonyl (C=O) groups excluding carboxylic acids is 1. The molecule has 2 heterocycles. The van der Waals surface area contributed by atoms with E-state index in [0.717, 1.165) is 35.2 Å². The van der Waals surface area contributed by atoms with Crippen LogP contribution in [0.15, 0.2) is 55.0 Å². The molecule has 0 saturated heterocycles. The number of hydrogen-bond donors (Lipinski definition) is 1. The van der Waals surface area contributed by atoms with Gasteiger partial charge in [-0.2, -0.15) is 0 Å². The van der Waals surface area contributed by atoms with Crippen molar-refractivity contribution in [3.05, 3.63) is 77.4 Å². The van der Waals surface area contributed by atoms with E-state index >= 15 is 0 Å². The van der Waals surface area contributed by atoms with Crippen molar-refractivity contribution < 1.29 is 9.53 Å². The Hall–Kier alpha value is -3.12. The predicted octanol–water partition coefficient (Wildman–Crippen LogP) is 4.13. The van der Waals surface area contributed by atoms with Crippen molar-refractivity contribution in [2.24, 2.45) is 5.41 Å². The van der Waals surface area contributed by atoms with Gasteiger partial charge in [0.2, 0.25) is 0 Å². The van der Waals surface area contributed by atoms with Crippen molar-refractivity contribution in [1.29, 1.82) is 0 Å². The SMILES string of the molecule is COCc1ccc(C(=O)N[C@H]2CC(C)(C)Cc3nc(-c4ccncc4)ncc32)cc1. The summed E-state index contributed by atoms with van der Waals surface area (Å²) in [5.41, 5.74) is 4.62. The molecule has 6 heteroatoms. The van der Waals surface area contributed by atoms with Gasteiger partial charge in [-0.1, -0.05) is 26.0 Å². The number of rotatable bonds is 5. The molecular weight excluding hydrogens is 376 g/mol. The fourth-order valence-electron chi connectivity index (χ4n) is 3.98. The lowest BCUT2D eigenvalue weighted by Gasteiger charge is -2.36. The monoisotopic (exact) mass is 402 g/mol. The summed E-state index contributed by atoms with van der Waals surface area (Å²) in [6.45, 7) is 4.95. The highest BCUT2D eigenvalue weighted by Gasteiger charge is 2.34. The fourth-order valence-corrected chi connectivity index (χ4v) is 3.98. The second kappa shape index (κ2) is 8.32. The van der Waals surface area contributed by atoms with Crippen LogP contribution in [-0.4, -0.2) is 28.0 Å². The van der Waals surface area contributed by atoms with E-state index in [1.54, 1.807) is 19.5 Å². The maximum absolute atomic E-state index is 12.9. The highest BCUT2D eigenvalue weighted by Crippen LogP contribution is 2.40. The second-order valence-corrected chi connectivity index (χ2v) is 8.53. The van der Waals surface area contributed by atoms with Crippen molar-refractivity contribution in [3.63, 3.8) is 0 Å². The Balaban J connectivity index is 1.59. The smallest absolute Gasteiger partial charge is 0.251 e. The molecule has 0 radical (unpaired) electrons. The number of ether oxygens (including phenoxy) is 1. The van der Waals surface area contributed by atoms with E-state index in [1.165, 1.54) is 0 Å². The molecule has 154 valence electrons. The summed E-state index contributed by atoms with van der Waals surface area (Å²) in [4.78, 5) is 26.4. The Morgan fingerprint density at radius 3 is 2.60 bits per heavy atom. The van der Waals surface area contributed by atoms with Crippen molar-refractivity contribution >= 4 is 5.91 Å². The lowest BCUT2D eigenvalue weighted by atomic mass is 9.74. The summed E-state index contributed by atoms with van der Waals surface area (Å²) in [7, 11) is 1.66. The van der Waals surface area contributed by atoms with Crippen LogP contribution in [0.3, 0.4) is 0 Å². The van der Waals surface area contributed by atoms with Crippen molar-refractivity contribution in [2.45, 2.75) is 39.3 Å². The number of methoxy groups -OCH3 is 1. The van der Waals surface area contributed by atoms with E-state index in [9.17, 15) is 4.79 Å². The van der Waals surface area contributed by atoms with Gasteiger partial charge in [-0.05, 0) is 48.1 Å².